The molecule has 1 N–H and O–H groups in total. The van der Waals surface area contributed by atoms with Crippen molar-refractivity contribution in [3.8, 4) is 0 Å². The first-order chi connectivity index (χ1) is 8.95. The van der Waals surface area contributed by atoms with Gasteiger partial charge in [-0.1, -0.05) is 19.3 Å². The van der Waals surface area contributed by atoms with E-state index in [1.807, 2.05) is 12.3 Å². The average molecular weight is 248 g/mol. The van der Waals surface area contributed by atoms with E-state index in [2.05, 4.69) is 16.3 Å². The molecule has 1 aromatic rings. The molecule has 0 amide bonds. The second kappa shape index (κ2) is 5.89. The van der Waals surface area contributed by atoms with E-state index >= 15 is 0 Å². The highest BCUT2D eigenvalue weighted by molar-refractivity contribution is 5.07. The summed E-state index contributed by atoms with van der Waals surface area (Å²) in [5, 5.41) is 3.45. The third kappa shape index (κ3) is 2.62. The molecule has 100 valence electrons. The zero-order chi connectivity index (χ0) is 12.2. The zero-order valence-corrected chi connectivity index (χ0v) is 11.1. The van der Waals surface area contributed by atoms with Gasteiger partial charge in [0.25, 0.3) is 0 Å². The van der Waals surface area contributed by atoms with E-state index in [1.54, 1.807) is 0 Å². The van der Waals surface area contributed by atoms with Crippen molar-refractivity contribution in [2.75, 3.05) is 26.2 Å². The fraction of sp³-hybridized carbons (Fsp3) is 0.733. The molecule has 3 nitrogen and oxygen atoms in total. The van der Waals surface area contributed by atoms with Crippen LogP contribution in [0.15, 0.2) is 22.8 Å². The summed E-state index contributed by atoms with van der Waals surface area (Å²) in [7, 11) is 0. The Morgan fingerprint density at radius 1 is 1.17 bits per heavy atom. The van der Waals surface area contributed by atoms with Crippen molar-refractivity contribution < 1.29 is 4.42 Å². The van der Waals surface area contributed by atoms with Gasteiger partial charge in [-0.25, -0.2) is 0 Å². The third-order valence-corrected chi connectivity index (χ3v) is 4.48. The largest absolute Gasteiger partial charge is 0.468 e. The van der Waals surface area contributed by atoms with Crippen LogP contribution in [0.5, 0.6) is 0 Å². The summed E-state index contributed by atoms with van der Waals surface area (Å²) in [5.74, 6) is 1.98. The first-order valence-corrected chi connectivity index (χ1v) is 7.43. The number of piperazine rings is 1. The van der Waals surface area contributed by atoms with Crippen LogP contribution in [-0.2, 0) is 0 Å². The molecule has 1 saturated carbocycles. The smallest absolute Gasteiger partial charge is 0.121 e. The van der Waals surface area contributed by atoms with Gasteiger partial charge in [-0.15, -0.1) is 0 Å². The minimum Gasteiger partial charge on any atom is -0.468 e. The van der Waals surface area contributed by atoms with Crippen LogP contribution in [0.2, 0.25) is 0 Å². The Bertz CT molecular complexity index is 319. The van der Waals surface area contributed by atoms with Crippen molar-refractivity contribution in [3.63, 3.8) is 0 Å². The van der Waals surface area contributed by atoms with E-state index in [9.17, 15) is 0 Å². The molecular weight excluding hydrogens is 224 g/mol. The quantitative estimate of drug-likeness (QED) is 0.891. The van der Waals surface area contributed by atoms with Crippen molar-refractivity contribution >= 4 is 0 Å². The maximum absolute atomic E-state index is 5.74. The van der Waals surface area contributed by atoms with Crippen LogP contribution in [0.3, 0.4) is 0 Å². The van der Waals surface area contributed by atoms with Crippen molar-refractivity contribution in [2.24, 2.45) is 5.92 Å². The van der Waals surface area contributed by atoms with E-state index in [0.717, 1.165) is 32.1 Å². The SMILES string of the molecule is c1coc([C@H](C2CCCCC2)N2CCNCC2)c1. The van der Waals surface area contributed by atoms with Crippen molar-refractivity contribution in [1.29, 1.82) is 0 Å². The molecule has 0 bridgehead atoms. The molecule has 18 heavy (non-hydrogen) atoms. The van der Waals surface area contributed by atoms with Gasteiger partial charge in [0.1, 0.15) is 5.76 Å². The highest BCUT2D eigenvalue weighted by Gasteiger charge is 2.32. The lowest BCUT2D eigenvalue weighted by atomic mass is 9.82. The zero-order valence-electron chi connectivity index (χ0n) is 11.1. The highest BCUT2D eigenvalue weighted by Crippen LogP contribution is 2.38. The molecule has 1 atom stereocenters. The lowest BCUT2D eigenvalue weighted by Crippen LogP contribution is -2.47. The maximum Gasteiger partial charge on any atom is 0.121 e. The van der Waals surface area contributed by atoms with Crippen LogP contribution < -0.4 is 5.32 Å². The predicted octanol–water partition coefficient (Wildman–Crippen LogP) is 2.81. The third-order valence-electron chi connectivity index (χ3n) is 4.48. The number of rotatable bonds is 3. The van der Waals surface area contributed by atoms with Gasteiger partial charge in [-0.2, -0.15) is 0 Å². The molecule has 2 aliphatic rings. The highest BCUT2D eigenvalue weighted by atomic mass is 16.3. The molecular formula is C15H24N2O. The molecule has 1 aliphatic carbocycles. The number of hydrogen-bond acceptors (Lipinski definition) is 3. The van der Waals surface area contributed by atoms with Crippen molar-refractivity contribution in [3.05, 3.63) is 24.2 Å². The van der Waals surface area contributed by atoms with E-state index in [0.29, 0.717) is 6.04 Å². The van der Waals surface area contributed by atoms with Crippen molar-refractivity contribution in [1.82, 2.24) is 10.2 Å². The van der Waals surface area contributed by atoms with E-state index in [1.165, 1.54) is 37.9 Å². The van der Waals surface area contributed by atoms with Crippen LogP contribution in [0.1, 0.15) is 43.9 Å². The lowest BCUT2D eigenvalue weighted by Gasteiger charge is -2.39. The Morgan fingerprint density at radius 2 is 1.94 bits per heavy atom. The normalized spacial score (nSPS) is 25.1. The van der Waals surface area contributed by atoms with Crippen molar-refractivity contribution in [2.45, 2.75) is 38.1 Å². The Morgan fingerprint density at radius 3 is 2.61 bits per heavy atom. The fourth-order valence-electron chi connectivity index (χ4n) is 3.58. The lowest BCUT2D eigenvalue weighted by molar-refractivity contribution is 0.0870. The molecule has 2 fully saturated rings. The van der Waals surface area contributed by atoms with Crippen LogP contribution in [0, 0.1) is 5.92 Å². The summed E-state index contributed by atoms with van der Waals surface area (Å²) in [6.07, 6.45) is 8.78. The van der Waals surface area contributed by atoms with E-state index in [4.69, 9.17) is 4.42 Å². The molecule has 0 radical (unpaired) electrons. The predicted molar refractivity (Wildman–Crippen MR) is 72.5 cm³/mol. The first kappa shape index (κ1) is 12.2. The maximum atomic E-state index is 5.74. The average Bonchev–Trinajstić information content (AvgIpc) is 2.95. The van der Waals surface area contributed by atoms with Gasteiger partial charge in [0.05, 0.1) is 12.3 Å². The number of nitrogens with zero attached hydrogens (tertiary/aromatic N) is 1. The van der Waals surface area contributed by atoms with Gasteiger partial charge in [-0.05, 0) is 30.9 Å². The van der Waals surface area contributed by atoms with Gasteiger partial charge in [0, 0.05) is 26.2 Å². The molecule has 3 heteroatoms. The molecule has 3 rings (SSSR count). The van der Waals surface area contributed by atoms with E-state index < -0.39 is 0 Å². The molecule has 1 saturated heterocycles. The number of hydrogen-bond donors (Lipinski definition) is 1. The monoisotopic (exact) mass is 248 g/mol. The van der Waals surface area contributed by atoms with Crippen LogP contribution in [-0.4, -0.2) is 31.1 Å². The summed E-state index contributed by atoms with van der Waals surface area (Å²) in [6, 6.07) is 4.72. The minimum atomic E-state index is 0.516. The minimum absolute atomic E-state index is 0.516. The van der Waals surface area contributed by atoms with Crippen LogP contribution in [0.4, 0.5) is 0 Å². The molecule has 1 aromatic heterocycles. The molecule has 0 spiro atoms. The van der Waals surface area contributed by atoms with Gasteiger partial charge < -0.3 is 9.73 Å². The Balaban J connectivity index is 1.78. The Labute approximate surface area is 110 Å². The van der Waals surface area contributed by atoms with Crippen LogP contribution in [0.25, 0.3) is 0 Å². The molecule has 1 aliphatic heterocycles. The Kier molecular flexibility index (Phi) is 4.01. The fourth-order valence-corrected chi connectivity index (χ4v) is 3.58. The van der Waals surface area contributed by atoms with Gasteiger partial charge in [0.15, 0.2) is 0 Å². The molecule has 0 aromatic carbocycles. The number of furan rings is 1. The first-order valence-electron chi connectivity index (χ1n) is 7.43. The Hall–Kier alpha value is -0.800. The summed E-state index contributed by atoms with van der Waals surface area (Å²) >= 11 is 0. The summed E-state index contributed by atoms with van der Waals surface area (Å²) < 4.78 is 5.74. The molecule has 2 heterocycles. The standard InChI is InChI=1S/C15H24N2O/c1-2-5-13(6-3-1)15(14-7-4-12-18-14)17-10-8-16-9-11-17/h4,7,12-13,15-16H,1-3,5-6,8-11H2/t15-/m0/s1. The summed E-state index contributed by atoms with van der Waals surface area (Å²) in [5.41, 5.74) is 0. The second-order valence-corrected chi connectivity index (χ2v) is 5.64. The van der Waals surface area contributed by atoms with E-state index in [-0.39, 0.29) is 0 Å². The summed E-state index contributed by atoms with van der Waals surface area (Å²) in [4.78, 5) is 2.63. The van der Waals surface area contributed by atoms with Gasteiger partial charge in [-0.3, -0.25) is 4.90 Å². The second-order valence-electron chi connectivity index (χ2n) is 5.64. The number of nitrogens with one attached hydrogen (secondary N) is 1. The summed E-state index contributed by atoms with van der Waals surface area (Å²) in [6.45, 7) is 4.54. The topological polar surface area (TPSA) is 28.4 Å². The van der Waals surface area contributed by atoms with Gasteiger partial charge >= 0.3 is 0 Å². The van der Waals surface area contributed by atoms with Gasteiger partial charge in [0.2, 0.25) is 0 Å². The molecule has 0 unspecified atom stereocenters. The van der Waals surface area contributed by atoms with Crippen LogP contribution >= 0.6 is 0 Å².